The lowest BCUT2D eigenvalue weighted by molar-refractivity contribution is -0.0250. The quantitative estimate of drug-likeness (QED) is 0.269. The van der Waals surface area contributed by atoms with Gasteiger partial charge in [0.25, 0.3) is 0 Å². The first-order valence-corrected chi connectivity index (χ1v) is 15.1. The van der Waals surface area contributed by atoms with E-state index in [0.29, 0.717) is 6.10 Å². The Morgan fingerprint density at radius 2 is 1.38 bits per heavy atom. The summed E-state index contributed by atoms with van der Waals surface area (Å²) in [5.41, 5.74) is 3.17. The summed E-state index contributed by atoms with van der Waals surface area (Å²) in [6.45, 7) is 6.42. The molecule has 2 heteroatoms. The van der Waals surface area contributed by atoms with Crippen molar-refractivity contribution in [2.24, 2.45) is 23.7 Å². The summed E-state index contributed by atoms with van der Waals surface area (Å²) >= 11 is 0. The normalized spacial score (nSPS) is 28.8. The topological polar surface area (TPSA) is 18.5 Å². The van der Waals surface area contributed by atoms with Crippen LogP contribution in [0.5, 0.6) is 5.75 Å². The first kappa shape index (κ1) is 26.1. The maximum Gasteiger partial charge on any atom is 0.119 e. The van der Waals surface area contributed by atoms with Crippen LogP contribution in [0, 0.1) is 23.7 Å². The Balaban J connectivity index is 1.19. The van der Waals surface area contributed by atoms with Gasteiger partial charge in [-0.05, 0) is 118 Å². The van der Waals surface area contributed by atoms with E-state index in [1.54, 1.807) is 11.1 Å². The molecule has 2 nitrogen and oxygen atoms in total. The summed E-state index contributed by atoms with van der Waals surface area (Å²) < 4.78 is 12.4. The number of fused-ring (bicyclic) bond motifs is 2. The molecule has 0 heterocycles. The molecule has 0 bridgehead atoms. The number of hydrogen-bond acceptors (Lipinski definition) is 2. The average Bonchev–Trinajstić information content (AvgIpc) is 2.87. The van der Waals surface area contributed by atoms with Gasteiger partial charge in [-0.25, -0.2) is 0 Å². The minimum absolute atomic E-state index is 0.559. The smallest absolute Gasteiger partial charge is 0.119 e. The summed E-state index contributed by atoms with van der Waals surface area (Å²) in [6, 6.07) is 6.98. The van der Waals surface area contributed by atoms with Crippen LogP contribution in [0.4, 0.5) is 0 Å². The number of benzene rings is 1. The van der Waals surface area contributed by atoms with Crippen LogP contribution in [0.3, 0.4) is 0 Å². The van der Waals surface area contributed by atoms with Crippen molar-refractivity contribution in [3.63, 3.8) is 0 Å². The van der Waals surface area contributed by atoms with Crippen molar-refractivity contribution in [2.75, 3.05) is 13.2 Å². The Hall–Kier alpha value is -1.02. The van der Waals surface area contributed by atoms with Crippen molar-refractivity contribution in [3.05, 3.63) is 29.3 Å². The molecule has 2 saturated carbocycles. The van der Waals surface area contributed by atoms with Gasteiger partial charge in [0.05, 0.1) is 12.7 Å². The fourth-order valence-electron chi connectivity index (χ4n) is 7.21. The van der Waals surface area contributed by atoms with Gasteiger partial charge >= 0.3 is 0 Å². The second-order valence-corrected chi connectivity index (χ2v) is 11.8. The molecule has 1 aromatic carbocycles. The fraction of sp³-hybridized carbons (Fsp3) is 0.812. The molecule has 4 rings (SSSR count). The summed E-state index contributed by atoms with van der Waals surface area (Å²) in [4.78, 5) is 0. The molecule has 0 N–H and O–H groups in total. The molecule has 0 amide bonds. The van der Waals surface area contributed by atoms with E-state index in [4.69, 9.17) is 9.47 Å². The van der Waals surface area contributed by atoms with E-state index in [1.165, 1.54) is 109 Å². The summed E-state index contributed by atoms with van der Waals surface area (Å²) in [5.74, 6) is 4.87. The van der Waals surface area contributed by atoms with E-state index < -0.39 is 0 Å². The highest BCUT2D eigenvalue weighted by molar-refractivity contribution is 5.37. The number of unbranched alkanes of at least 4 members (excludes halogenated alkanes) is 6. The van der Waals surface area contributed by atoms with Gasteiger partial charge in [0.1, 0.15) is 5.75 Å². The first-order chi connectivity index (χ1) is 16.8. The van der Waals surface area contributed by atoms with Gasteiger partial charge in [0.15, 0.2) is 0 Å². The van der Waals surface area contributed by atoms with Gasteiger partial charge in [-0.2, -0.15) is 0 Å². The highest BCUT2D eigenvalue weighted by Crippen LogP contribution is 2.47. The molecule has 0 spiro atoms. The fourth-order valence-corrected chi connectivity index (χ4v) is 7.21. The summed E-state index contributed by atoms with van der Waals surface area (Å²) in [5, 5.41) is 0. The zero-order chi connectivity index (χ0) is 23.6. The van der Waals surface area contributed by atoms with Crippen LogP contribution in [0.1, 0.15) is 121 Å². The molecule has 34 heavy (non-hydrogen) atoms. The van der Waals surface area contributed by atoms with Crippen molar-refractivity contribution in [2.45, 2.75) is 129 Å². The lowest BCUT2D eigenvalue weighted by atomic mass is 9.62. The molecule has 3 aliphatic rings. The lowest BCUT2D eigenvalue weighted by Gasteiger charge is -2.45. The second-order valence-electron chi connectivity index (χ2n) is 11.8. The molecule has 1 aromatic rings. The Bertz CT molecular complexity index is 713. The molecule has 0 saturated heterocycles. The van der Waals surface area contributed by atoms with E-state index in [9.17, 15) is 0 Å². The van der Waals surface area contributed by atoms with E-state index in [1.807, 2.05) is 0 Å². The molecule has 3 unspecified atom stereocenters. The van der Waals surface area contributed by atoms with Crippen molar-refractivity contribution in [3.8, 4) is 5.75 Å². The van der Waals surface area contributed by atoms with Crippen LogP contribution in [0.15, 0.2) is 18.2 Å². The molecule has 2 fully saturated rings. The number of rotatable bonds is 13. The zero-order valence-electron chi connectivity index (χ0n) is 22.4. The van der Waals surface area contributed by atoms with Crippen molar-refractivity contribution < 1.29 is 9.47 Å². The van der Waals surface area contributed by atoms with E-state index in [0.717, 1.165) is 42.6 Å². The second kappa shape index (κ2) is 13.9. The molecule has 192 valence electrons. The Morgan fingerprint density at radius 1 is 0.676 bits per heavy atom. The van der Waals surface area contributed by atoms with Crippen LogP contribution in [0.25, 0.3) is 0 Å². The summed E-state index contributed by atoms with van der Waals surface area (Å²) in [7, 11) is 0. The molecule has 0 radical (unpaired) electrons. The number of aryl methyl sites for hydroxylation is 1. The molecule has 0 aromatic heterocycles. The predicted octanol–water partition coefficient (Wildman–Crippen LogP) is 8.93. The first-order valence-electron chi connectivity index (χ1n) is 15.1. The van der Waals surface area contributed by atoms with Crippen LogP contribution >= 0.6 is 0 Å². The van der Waals surface area contributed by atoms with Crippen molar-refractivity contribution >= 4 is 0 Å². The SMILES string of the molecule is CCCCCCOc1ccc2c(c1)CCC(C1CCC3C[C@H](OCCCCCC)CC[C@@H]3C1)C2. The number of ether oxygens (including phenoxy) is 2. The lowest BCUT2D eigenvalue weighted by Crippen LogP contribution is -2.37. The largest absolute Gasteiger partial charge is 0.494 e. The van der Waals surface area contributed by atoms with E-state index >= 15 is 0 Å². The van der Waals surface area contributed by atoms with Crippen LogP contribution in [0.2, 0.25) is 0 Å². The highest BCUT2D eigenvalue weighted by Gasteiger charge is 2.38. The molecule has 0 aliphatic heterocycles. The Labute approximate surface area is 210 Å². The van der Waals surface area contributed by atoms with Gasteiger partial charge in [-0.15, -0.1) is 0 Å². The van der Waals surface area contributed by atoms with Crippen LogP contribution in [-0.2, 0) is 17.6 Å². The van der Waals surface area contributed by atoms with Gasteiger partial charge < -0.3 is 9.47 Å². The zero-order valence-corrected chi connectivity index (χ0v) is 22.4. The van der Waals surface area contributed by atoms with Gasteiger partial charge in [-0.3, -0.25) is 0 Å². The minimum atomic E-state index is 0.559. The third-order valence-electron chi connectivity index (χ3n) is 9.33. The maximum absolute atomic E-state index is 6.30. The average molecular weight is 469 g/mol. The predicted molar refractivity (Wildman–Crippen MR) is 144 cm³/mol. The third-order valence-corrected chi connectivity index (χ3v) is 9.33. The van der Waals surface area contributed by atoms with Gasteiger partial charge in [0, 0.05) is 6.61 Å². The summed E-state index contributed by atoms with van der Waals surface area (Å²) in [6.07, 6.45) is 23.4. The highest BCUT2D eigenvalue weighted by atomic mass is 16.5. The number of hydrogen-bond donors (Lipinski definition) is 0. The Morgan fingerprint density at radius 3 is 2.18 bits per heavy atom. The van der Waals surface area contributed by atoms with Crippen molar-refractivity contribution in [1.29, 1.82) is 0 Å². The maximum atomic E-state index is 6.30. The monoisotopic (exact) mass is 468 g/mol. The minimum Gasteiger partial charge on any atom is -0.494 e. The molecule has 3 aliphatic carbocycles. The molecular weight excluding hydrogens is 416 g/mol. The standard InChI is InChI=1S/C32H52O2/c1-3-5-7-9-19-33-31-17-15-27-21-25(11-13-29(27)23-31)26-12-14-30-24-32(18-16-28(30)22-26)34-20-10-8-6-4-2/h15,17,23,25-26,28,30,32H,3-14,16,18-22,24H2,1-2H3/t25?,26?,28-,30?,32-/m1/s1. The Kier molecular flexibility index (Phi) is 10.7. The van der Waals surface area contributed by atoms with E-state index in [2.05, 4.69) is 32.0 Å². The molecular formula is C32H52O2. The van der Waals surface area contributed by atoms with Crippen LogP contribution < -0.4 is 4.74 Å². The molecule has 5 atom stereocenters. The van der Waals surface area contributed by atoms with Gasteiger partial charge in [-0.1, -0.05) is 58.4 Å². The van der Waals surface area contributed by atoms with Crippen molar-refractivity contribution in [1.82, 2.24) is 0 Å². The van der Waals surface area contributed by atoms with Crippen LogP contribution in [-0.4, -0.2) is 19.3 Å². The third kappa shape index (κ3) is 7.49. The van der Waals surface area contributed by atoms with Gasteiger partial charge in [0.2, 0.25) is 0 Å². The van der Waals surface area contributed by atoms with E-state index in [-0.39, 0.29) is 0 Å².